The van der Waals surface area contributed by atoms with E-state index in [0.29, 0.717) is 0 Å². The summed E-state index contributed by atoms with van der Waals surface area (Å²) in [5.41, 5.74) is 4.22. The van der Waals surface area contributed by atoms with E-state index in [0.717, 1.165) is 35.8 Å². The van der Waals surface area contributed by atoms with E-state index in [1.807, 2.05) is 48.5 Å². The van der Waals surface area contributed by atoms with Gasteiger partial charge in [-0.3, -0.25) is 4.79 Å². The number of benzene rings is 2. The van der Waals surface area contributed by atoms with Crippen molar-refractivity contribution in [2.75, 3.05) is 25.6 Å². The second-order valence-electron chi connectivity index (χ2n) is 6.00. The van der Waals surface area contributed by atoms with Crippen molar-refractivity contribution in [1.82, 2.24) is 5.43 Å². The van der Waals surface area contributed by atoms with Gasteiger partial charge in [0.1, 0.15) is 11.5 Å². The normalized spacial score (nSPS) is 10.6. The number of anilines is 1. The van der Waals surface area contributed by atoms with Gasteiger partial charge >= 0.3 is 0 Å². The lowest BCUT2D eigenvalue weighted by molar-refractivity contribution is -0.119. The van der Waals surface area contributed by atoms with E-state index in [1.54, 1.807) is 13.3 Å². The third kappa shape index (κ3) is 7.81. The van der Waals surface area contributed by atoms with Crippen molar-refractivity contribution < 1.29 is 14.3 Å². The zero-order valence-corrected chi connectivity index (χ0v) is 15.9. The SMILES string of the molecule is CCCCCOc1ccc(/C=N/NC(=O)CNc2ccc(OC)cc2)cc1. The number of methoxy groups -OCH3 is 1. The van der Waals surface area contributed by atoms with Gasteiger partial charge in [-0.05, 0) is 60.5 Å². The number of carbonyl (C=O) groups excluding carboxylic acids is 1. The van der Waals surface area contributed by atoms with Crippen molar-refractivity contribution in [3.8, 4) is 11.5 Å². The van der Waals surface area contributed by atoms with Crippen LogP contribution in [0.15, 0.2) is 53.6 Å². The Hall–Kier alpha value is -3.02. The van der Waals surface area contributed by atoms with Crippen LogP contribution in [0.1, 0.15) is 31.7 Å². The first-order valence-electron chi connectivity index (χ1n) is 9.14. The van der Waals surface area contributed by atoms with Crippen LogP contribution in [0.2, 0.25) is 0 Å². The molecular weight excluding hydrogens is 342 g/mol. The van der Waals surface area contributed by atoms with E-state index in [-0.39, 0.29) is 12.5 Å². The van der Waals surface area contributed by atoms with Crippen LogP contribution in [0, 0.1) is 0 Å². The lowest BCUT2D eigenvalue weighted by Gasteiger charge is -2.06. The van der Waals surface area contributed by atoms with Crippen LogP contribution in [-0.4, -0.2) is 32.4 Å². The second-order valence-corrected chi connectivity index (χ2v) is 6.00. The number of ether oxygens (including phenoxy) is 2. The van der Waals surface area contributed by atoms with Crippen molar-refractivity contribution in [1.29, 1.82) is 0 Å². The van der Waals surface area contributed by atoms with E-state index < -0.39 is 0 Å². The topological polar surface area (TPSA) is 72.0 Å². The van der Waals surface area contributed by atoms with Crippen LogP contribution in [0.25, 0.3) is 0 Å². The summed E-state index contributed by atoms with van der Waals surface area (Å²) < 4.78 is 10.8. The standard InChI is InChI=1S/C21H27N3O3/c1-3-4-5-14-27-20-10-6-17(7-11-20)15-23-24-21(25)16-22-18-8-12-19(26-2)13-9-18/h6-13,15,22H,3-5,14,16H2,1-2H3,(H,24,25)/b23-15+. The Morgan fingerprint density at radius 2 is 1.74 bits per heavy atom. The molecule has 0 aliphatic rings. The van der Waals surface area contributed by atoms with Crippen molar-refractivity contribution in [2.24, 2.45) is 5.10 Å². The first kappa shape index (κ1) is 20.3. The molecule has 6 heteroatoms. The van der Waals surface area contributed by atoms with Gasteiger partial charge in [0.15, 0.2) is 0 Å². The van der Waals surface area contributed by atoms with E-state index in [2.05, 4.69) is 22.8 Å². The molecule has 27 heavy (non-hydrogen) atoms. The average Bonchev–Trinajstić information content (AvgIpc) is 2.71. The highest BCUT2D eigenvalue weighted by atomic mass is 16.5. The number of hydrogen-bond acceptors (Lipinski definition) is 5. The summed E-state index contributed by atoms with van der Waals surface area (Å²) >= 11 is 0. The fraction of sp³-hybridized carbons (Fsp3) is 0.333. The van der Waals surface area contributed by atoms with Gasteiger partial charge in [-0.2, -0.15) is 5.10 Å². The van der Waals surface area contributed by atoms with Crippen molar-refractivity contribution in [3.05, 3.63) is 54.1 Å². The van der Waals surface area contributed by atoms with Crippen LogP contribution < -0.4 is 20.2 Å². The molecule has 0 aromatic heterocycles. The Balaban J connectivity index is 1.69. The molecule has 0 fully saturated rings. The van der Waals surface area contributed by atoms with Gasteiger partial charge in [0, 0.05) is 5.69 Å². The highest BCUT2D eigenvalue weighted by molar-refractivity contribution is 5.84. The van der Waals surface area contributed by atoms with Crippen molar-refractivity contribution in [3.63, 3.8) is 0 Å². The fourth-order valence-electron chi connectivity index (χ4n) is 2.30. The Morgan fingerprint density at radius 3 is 2.41 bits per heavy atom. The maximum Gasteiger partial charge on any atom is 0.259 e. The number of hydrogen-bond donors (Lipinski definition) is 2. The third-order valence-electron chi connectivity index (χ3n) is 3.84. The monoisotopic (exact) mass is 369 g/mol. The lowest BCUT2D eigenvalue weighted by atomic mass is 10.2. The molecule has 0 heterocycles. The number of hydrazone groups is 1. The summed E-state index contributed by atoms with van der Waals surface area (Å²) in [6, 6.07) is 15.0. The molecule has 2 rings (SSSR count). The predicted molar refractivity (Wildman–Crippen MR) is 109 cm³/mol. The lowest BCUT2D eigenvalue weighted by Crippen LogP contribution is -2.25. The Labute approximate surface area is 160 Å². The van der Waals surface area contributed by atoms with Crippen LogP contribution in [-0.2, 0) is 4.79 Å². The van der Waals surface area contributed by atoms with Gasteiger partial charge in [-0.15, -0.1) is 0 Å². The fourth-order valence-corrected chi connectivity index (χ4v) is 2.30. The molecule has 2 aromatic rings. The zero-order chi connectivity index (χ0) is 19.3. The smallest absolute Gasteiger partial charge is 0.259 e. The van der Waals surface area contributed by atoms with E-state index in [4.69, 9.17) is 9.47 Å². The highest BCUT2D eigenvalue weighted by Crippen LogP contribution is 2.14. The molecule has 2 N–H and O–H groups in total. The van der Waals surface area contributed by atoms with Crippen LogP contribution >= 0.6 is 0 Å². The second kappa shape index (κ2) is 11.6. The quantitative estimate of drug-likeness (QED) is 0.359. The number of nitrogens with one attached hydrogen (secondary N) is 2. The Bertz CT molecular complexity index is 712. The molecule has 0 saturated carbocycles. The Kier molecular flexibility index (Phi) is 8.69. The molecule has 144 valence electrons. The predicted octanol–water partition coefficient (Wildman–Crippen LogP) is 3.83. The van der Waals surface area contributed by atoms with Gasteiger partial charge in [-0.25, -0.2) is 5.43 Å². The van der Waals surface area contributed by atoms with Crippen LogP contribution in [0.4, 0.5) is 5.69 Å². The maximum absolute atomic E-state index is 11.8. The van der Waals surface area contributed by atoms with Crippen LogP contribution in [0.3, 0.4) is 0 Å². The summed E-state index contributed by atoms with van der Waals surface area (Å²) in [5.74, 6) is 1.39. The summed E-state index contributed by atoms with van der Waals surface area (Å²) in [5, 5.41) is 6.99. The summed E-state index contributed by atoms with van der Waals surface area (Å²) in [6.07, 6.45) is 5.03. The summed E-state index contributed by atoms with van der Waals surface area (Å²) in [6.45, 7) is 3.04. The van der Waals surface area contributed by atoms with E-state index in [1.165, 1.54) is 12.8 Å². The van der Waals surface area contributed by atoms with Crippen molar-refractivity contribution >= 4 is 17.8 Å². The third-order valence-corrected chi connectivity index (χ3v) is 3.84. The maximum atomic E-state index is 11.8. The molecular formula is C21H27N3O3. The number of rotatable bonds is 11. The first-order valence-corrected chi connectivity index (χ1v) is 9.14. The average molecular weight is 369 g/mol. The highest BCUT2D eigenvalue weighted by Gasteiger charge is 2.00. The molecule has 0 spiro atoms. The molecule has 0 unspecified atom stereocenters. The zero-order valence-electron chi connectivity index (χ0n) is 15.9. The minimum atomic E-state index is -0.224. The summed E-state index contributed by atoms with van der Waals surface area (Å²) in [4.78, 5) is 11.8. The number of amides is 1. The molecule has 6 nitrogen and oxygen atoms in total. The molecule has 0 radical (unpaired) electrons. The van der Waals surface area contributed by atoms with E-state index in [9.17, 15) is 4.79 Å². The minimum absolute atomic E-state index is 0.133. The first-order chi connectivity index (χ1) is 13.2. The van der Waals surface area contributed by atoms with Gasteiger partial charge in [0.05, 0.1) is 26.5 Å². The number of unbranched alkanes of at least 4 members (excludes halogenated alkanes) is 2. The number of carbonyl (C=O) groups is 1. The minimum Gasteiger partial charge on any atom is -0.497 e. The van der Waals surface area contributed by atoms with Gasteiger partial charge < -0.3 is 14.8 Å². The largest absolute Gasteiger partial charge is 0.497 e. The van der Waals surface area contributed by atoms with Crippen molar-refractivity contribution in [2.45, 2.75) is 26.2 Å². The van der Waals surface area contributed by atoms with E-state index >= 15 is 0 Å². The molecule has 0 aliphatic heterocycles. The molecule has 1 amide bonds. The summed E-state index contributed by atoms with van der Waals surface area (Å²) in [7, 11) is 1.61. The van der Waals surface area contributed by atoms with Gasteiger partial charge in [-0.1, -0.05) is 19.8 Å². The number of nitrogens with zero attached hydrogens (tertiary/aromatic N) is 1. The molecule has 2 aromatic carbocycles. The van der Waals surface area contributed by atoms with Gasteiger partial charge in [0.25, 0.3) is 5.91 Å². The molecule has 0 bridgehead atoms. The molecule has 0 atom stereocenters. The molecule has 0 saturated heterocycles. The Morgan fingerprint density at radius 1 is 1.04 bits per heavy atom. The molecule has 0 aliphatic carbocycles. The van der Waals surface area contributed by atoms with Crippen LogP contribution in [0.5, 0.6) is 11.5 Å². The van der Waals surface area contributed by atoms with Gasteiger partial charge in [0.2, 0.25) is 0 Å².